The van der Waals surface area contributed by atoms with Gasteiger partial charge in [-0.15, -0.1) is 0 Å². The Hall–Kier alpha value is 0.340. The maximum Gasteiger partial charge on any atom is 0.384 e. The van der Waals surface area contributed by atoms with Gasteiger partial charge in [0.2, 0.25) is 0 Å². The molecule has 0 saturated heterocycles. The molecule has 4 rings (SSSR count). The summed E-state index contributed by atoms with van der Waals surface area (Å²) in [4.78, 5) is 17.5. The van der Waals surface area contributed by atoms with Gasteiger partial charge in [-0.2, -0.15) is 0 Å². The van der Waals surface area contributed by atoms with Gasteiger partial charge in [0.15, 0.2) is 0 Å². The SMILES string of the molecule is O.O.O=P(O)(O)SCCNCCCNC12CC3CC(CC(C3)C1)C2. The molecule has 0 aromatic heterocycles. The Labute approximate surface area is 148 Å². The molecule has 0 atom stereocenters. The molecule has 4 aliphatic carbocycles. The van der Waals surface area contributed by atoms with Gasteiger partial charge in [-0.3, -0.25) is 0 Å². The molecule has 0 aliphatic heterocycles. The number of rotatable bonds is 9. The molecule has 0 spiro atoms. The highest BCUT2D eigenvalue weighted by molar-refractivity contribution is 8.54. The highest BCUT2D eigenvalue weighted by Gasteiger charge is 2.50. The van der Waals surface area contributed by atoms with Crippen LogP contribution in [0.4, 0.5) is 0 Å². The molecule has 0 radical (unpaired) electrons. The van der Waals surface area contributed by atoms with Crippen LogP contribution in [0.5, 0.6) is 0 Å². The summed E-state index contributed by atoms with van der Waals surface area (Å²) in [7, 11) is 0. The molecule has 0 amide bonds. The van der Waals surface area contributed by atoms with Crippen molar-refractivity contribution in [1.82, 2.24) is 10.6 Å². The van der Waals surface area contributed by atoms with E-state index in [2.05, 4.69) is 10.6 Å². The summed E-state index contributed by atoms with van der Waals surface area (Å²) in [5.41, 5.74) is 0.449. The van der Waals surface area contributed by atoms with Crippen molar-refractivity contribution < 1.29 is 25.3 Å². The van der Waals surface area contributed by atoms with E-state index < -0.39 is 6.80 Å². The predicted octanol–water partition coefficient (Wildman–Crippen LogP) is 0.701. The summed E-state index contributed by atoms with van der Waals surface area (Å²) < 4.78 is 10.7. The van der Waals surface area contributed by atoms with Crippen LogP contribution in [-0.2, 0) is 4.57 Å². The van der Waals surface area contributed by atoms with Crippen LogP contribution in [0.1, 0.15) is 44.9 Å². The van der Waals surface area contributed by atoms with E-state index in [0.717, 1.165) is 48.6 Å². The molecule has 7 nitrogen and oxygen atoms in total. The average molecular weight is 384 g/mol. The van der Waals surface area contributed by atoms with E-state index in [1.165, 1.54) is 38.5 Å². The average Bonchev–Trinajstić information content (AvgIpc) is 2.39. The molecule has 4 fully saturated rings. The van der Waals surface area contributed by atoms with Crippen LogP contribution >= 0.6 is 18.2 Å². The second-order valence-corrected chi connectivity index (χ2v) is 11.4. The Morgan fingerprint density at radius 3 is 2.00 bits per heavy atom. The Morgan fingerprint density at radius 2 is 1.50 bits per heavy atom. The number of nitrogens with one attached hydrogen (secondary N) is 2. The van der Waals surface area contributed by atoms with Gasteiger partial charge in [0.25, 0.3) is 0 Å². The monoisotopic (exact) mass is 384 g/mol. The standard InChI is InChI=1S/C15H29N2O3PS.2H2O/c18-21(19,20)22-5-4-16-2-1-3-17-15-9-12-6-13(10-15)8-14(7-12)11-15;;/h12-14,16-17H,1-11H2,(H2,18,19,20);2*1H2. The van der Waals surface area contributed by atoms with Crippen LogP contribution in [0.2, 0.25) is 0 Å². The first-order valence-corrected chi connectivity index (χ1v) is 11.8. The third kappa shape index (κ3) is 6.25. The molecule has 4 aliphatic rings. The van der Waals surface area contributed by atoms with E-state index in [-0.39, 0.29) is 11.0 Å². The lowest BCUT2D eigenvalue weighted by atomic mass is 9.53. The van der Waals surface area contributed by atoms with Crippen molar-refractivity contribution in [3.63, 3.8) is 0 Å². The molecule has 0 unspecified atom stereocenters. The van der Waals surface area contributed by atoms with Crippen molar-refractivity contribution in [3.8, 4) is 0 Å². The zero-order chi connectivity index (χ0) is 15.6. The van der Waals surface area contributed by atoms with Gasteiger partial charge in [0.05, 0.1) is 0 Å². The number of hydrogen-bond donors (Lipinski definition) is 4. The summed E-state index contributed by atoms with van der Waals surface area (Å²) in [5, 5.41) is 7.14. The lowest BCUT2D eigenvalue weighted by Gasteiger charge is -2.57. The zero-order valence-corrected chi connectivity index (χ0v) is 15.9. The highest BCUT2D eigenvalue weighted by atomic mass is 32.7. The van der Waals surface area contributed by atoms with Crippen molar-refractivity contribution in [1.29, 1.82) is 0 Å². The Balaban J connectivity index is 0.00000144. The van der Waals surface area contributed by atoms with Gasteiger partial charge < -0.3 is 31.4 Å². The minimum absolute atomic E-state index is 0. The Bertz CT molecular complexity index is 399. The molecule has 0 aromatic rings. The zero-order valence-electron chi connectivity index (χ0n) is 14.2. The molecule has 4 bridgehead atoms. The number of hydrogen-bond acceptors (Lipinski definition) is 4. The predicted molar refractivity (Wildman–Crippen MR) is 98.1 cm³/mol. The fourth-order valence-electron chi connectivity index (χ4n) is 5.26. The first kappa shape index (κ1) is 22.4. The van der Waals surface area contributed by atoms with Gasteiger partial charge in [0.1, 0.15) is 0 Å². The maximum absolute atomic E-state index is 10.7. The Kier molecular flexibility index (Phi) is 8.70. The van der Waals surface area contributed by atoms with E-state index in [1.54, 1.807) is 0 Å². The lowest BCUT2D eigenvalue weighted by molar-refractivity contribution is -0.0195. The van der Waals surface area contributed by atoms with Gasteiger partial charge in [-0.25, -0.2) is 4.57 Å². The fourth-order valence-corrected chi connectivity index (χ4v) is 6.72. The smallest absolute Gasteiger partial charge is 0.384 e. The van der Waals surface area contributed by atoms with Crippen molar-refractivity contribution in [2.45, 2.75) is 50.5 Å². The molecular formula is C15H33N2O5PS. The molecule has 0 aromatic carbocycles. The molecular weight excluding hydrogens is 351 g/mol. The first-order valence-electron chi connectivity index (χ1n) is 8.60. The molecule has 144 valence electrons. The van der Waals surface area contributed by atoms with Crippen LogP contribution in [0.3, 0.4) is 0 Å². The molecule has 4 saturated carbocycles. The van der Waals surface area contributed by atoms with Crippen molar-refractivity contribution in [2.24, 2.45) is 17.8 Å². The summed E-state index contributed by atoms with van der Waals surface area (Å²) in [5.74, 6) is 3.43. The summed E-state index contributed by atoms with van der Waals surface area (Å²) in [6.45, 7) is -1.26. The van der Waals surface area contributed by atoms with E-state index >= 15 is 0 Å². The molecule has 0 heterocycles. The minimum atomic E-state index is -3.90. The Morgan fingerprint density at radius 1 is 0.958 bits per heavy atom. The van der Waals surface area contributed by atoms with Crippen molar-refractivity contribution >= 4 is 18.2 Å². The summed E-state index contributed by atoms with van der Waals surface area (Å²) in [6.07, 6.45) is 9.73. The van der Waals surface area contributed by atoms with Crippen LogP contribution in [-0.4, -0.2) is 51.7 Å². The third-order valence-corrected chi connectivity index (χ3v) is 7.89. The maximum atomic E-state index is 10.7. The quantitative estimate of drug-likeness (QED) is 0.340. The van der Waals surface area contributed by atoms with Gasteiger partial charge in [0, 0.05) is 17.8 Å². The summed E-state index contributed by atoms with van der Waals surface area (Å²) in [6, 6.07) is 0. The van der Waals surface area contributed by atoms with Crippen LogP contribution in [0.15, 0.2) is 0 Å². The summed E-state index contributed by atoms with van der Waals surface area (Å²) >= 11 is 0.725. The second-order valence-electron chi connectivity index (χ2n) is 7.55. The second kappa shape index (κ2) is 9.33. The normalized spacial score (nSPS) is 33.8. The fraction of sp³-hybridized carbons (Fsp3) is 1.00. The van der Waals surface area contributed by atoms with Gasteiger partial charge in [-0.05, 0) is 87.2 Å². The molecule has 24 heavy (non-hydrogen) atoms. The minimum Gasteiger partial charge on any atom is -0.412 e. The van der Waals surface area contributed by atoms with Gasteiger partial charge >= 0.3 is 6.80 Å². The molecule has 8 N–H and O–H groups in total. The third-order valence-electron chi connectivity index (χ3n) is 5.61. The van der Waals surface area contributed by atoms with Crippen LogP contribution < -0.4 is 10.6 Å². The van der Waals surface area contributed by atoms with Crippen LogP contribution in [0.25, 0.3) is 0 Å². The van der Waals surface area contributed by atoms with E-state index in [4.69, 9.17) is 9.79 Å². The van der Waals surface area contributed by atoms with E-state index in [0.29, 0.717) is 17.8 Å². The van der Waals surface area contributed by atoms with Crippen molar-refractivity contribution in [2.75, 3.05) is 25.4 Å². The highest BCUT2D eigenvalue weighted by Crippen LogP contribution is 2.55. The van der Waals surface area contributed by atoms with Crippen molar-refractivity contribution in [3.05, 3.63) is 0 Å². The lowest BCUT2D eigenvalue weighted by Crippen LogP contribution is -2.58. The van der Waals surface area contributed by atoms with Crippen LogP contribution in [0, 0.1) is 17.8 Å². The largest absolute Gasteiger partial charge is 0.412 e. The topological polar surface area (TPSA) is 145 Å². The van der Waals surface area contributed by atoms with E-state index in [1.807, 2.05) is 0 Å². The first-order chi connectivity index (χ1) is 10.4. The van der Waals surface area contributed by atoms with Gasteiger partial charge in [-0.1, -0.05) is 0 Å². The van der Waals surface area contributed by atoms with E-state index in [9.17, 15) is 4.57 Å². The molecule has 9 heteroatoms.